The van der Waals surface area contributed by atoms with Crippen LogP contribution in [-0.2, 0) is 0 Å². The number of aromatic nitrogens is 3. The van der Waals surface area contributed by atoms with Crippen molar-refractivity contribution in [2.45, 2.75) is 33.6 Å². The molecule has 51 heavy (non-hydrogen) atoms. The molecule has 0 fully saturated rings. The van der Waals surface area contributed by atoms with E-state index in [0.29, 0.717) is 0 Å². The van der Waals surface area contributed by atoms with Crippen LogP contribution in [0.25, 0.3) is 66.8 Å². The Balaban J connectivity index is 1.68. The van der Waals surface area contributed by atoms with Crippen molar-refractivity contribution < 1.29 is 0 Å². The van der Waals surface area contributed by atoms with E-state index in [1.165, 1.54) is 5.57 Å². The van der Waals surface area contributed by atoms with Crippen LogP contribution in [0.4, 0.5) is 0 Å². The van der Waals surface area contributed by atoms with Gasteiger partial charge in [0.2, 0.25) is 0 Å². The minimum absolute atomic E-state index is 0.916. The molecule has 0 saturated carbocycles. The zero-order valence-corrected chi connectivity index (χ0v) is 29.4. The van der Waals surface area contributed by atoms with Crippen LogP contribution in [-0.4, -0.2) is 15.0 Å². The molecule has 0 spiro atoms. The highest BCUT2D eigenvalue weighted by molar-refractivity contribution is 5.97. The predicted molar refractivity (Wildman–Crippen MR) is 215 cm³/mol. The van der Waals surface area contributed by atoms with Gasteiger partial charge in [0.15, 0.2) is 0 Å². The molecular formula is C46H43N5. The van der Waals surface area contributed by atoms with Gasteiger partial charge < -0.3 is 11.5 Å². The fourth-order valence-corrected chi connectivity index (χ4v) is 6.51. The van der Waals surface area contributed by atoms with Gasteiger partial charge in [-0.3, -0.25) is 15.0 Å². The third-order valence-corrected chi connectivity index (χ3v) is 9.00. The largest absolute Gasteiger partial charge is 0.405 e. The van der Waals surface area contributed by atoms with E-state index in [1.54, 1.807) is 18.6 Å². The van der Waals surface area contributed by atoms with E-state index in [1.807, 2.05) is 55.1 Å². The van der Waals surface area contributed by atoms with E-state index in [-0.39, 0.29) is 0 Å². The Labute approximate surface area is 301 Å². The number of rotatable bonds is 11. The van der Waals surface area contributed by atoms with Crippen LogP contribution < -0.4 is 11.5 Å². The molecule has 6 rings (SSSR count). The molecule has 0 atom stereocenters. The number of nitrogens with two attached hydrogens (primary N) is 2. The smallest absolute Gasteiger partial charge is 0.0457 e. The van der Waals surface area contributed by atoms with Crippen LogP contribution in [0.3, 0.4) is 0 Å². The van der Waals surface area contributed by atoms with Gasteiger partial charge in [0.1, 0.15) is 0 Å². The van der Waals surface area contributed by atoms with E-state index < -0.39 is 0 Å². The normalized spacial score (nSPS) is 12.2. The first-order chi connectivity index (χ1) is 25.0. The van der Waals surface area contributed by atoms with Crippen LogP contribution in [0.2, 0.25) is 0 Å². The molecule has 5 nitrogen and oxygen atoms in total. The number of pyridine rings is 3. The SMILES string of the molecule is CCC/C(=C\C=C/N)c1cc(-c2cccnc2)cc(-c2cnc(C)c(-c3cc(/C(C)=C/C=C\N)cc(-c4cccnc4)c3)c2-c2ccccc2)c1. The Morgan fingerprint density at radius 1 is 0.608 bits per heavy atom. The first-order valence-corrected chi connectivity index (χ1v) is 17.3. The Hall–Kier alpha value is -6.33. The second kappa shape index (κ2) is 16.4. The van der Waals surface area contributed by atoms with Crippen molar-refractivity contribution in [3.63, 3.8) is 0 Å². The van der Waals surface area contributed by atoms with E-state index in [4.69, 9.17) is 16.5 Å². The highest BCUT2D eigenvalue weighted by atomic mass is 14.7. The van der Waals surface area contributed by atoms with Crippen molar-refractivity contribution in [3.8, 4) is 55.6 Å². The van der Waals surface area contributed by atoms with E-state index in [9.17, 15) is 0 Å². The molecule has 0 aliphatic rings. The molecule has 3 aromatic carbocycles. The predicted octanol–water partition coefficient (Wildman–Crippen LogP) is 11.0. The molecule has 0 radical (unpaired) electrons. The summed E-state index contributed by atoms with van der Waals surface area (Å²) in [7, 11) is 0. The highest BCUT2D eigenvalue weighted by Gasteiger charge is 2.20. The number of hydrogen-bond acceptors (Lipinski definition) is 5. The third kappa shape index (κ3) is 7.95. The van der Waals surface area contributed by atoms with E-state index in [2.05, 4.69) is 116 Å². The molecule has 252 valence electrons. The van der Waals surface area contributed by atoms with Crippen LogP contribution in [0, 0.1) is 6.92 Å². The summed E-state index contributed by atoms with van der Waals surface area (Å²) in [6.07, 6.45) is 22.5. The molecule has 0 unspecified atom stereocenters. The number of aryl methyl sites for hydroxylation is 1. The molecule has 3 heterocycles. The molecule has 6 aromatic rings. The van der Waals surface area contributed by atoms with Crippen LogP contribution in [0.15, 0.2) is 159 Å². The zero-order valence-electron chi connectivity index (χ0n) is 29.4. The average molecular weight is 666 g/mol. The summed E-state index contributed by atoms with van der Waals surface area (Å²) in [5, 5.41) is 0. The van der Waals surface area contributed by atoms with Crippen LogP contribution in [0.5, 0.6) is 0 Å². The average Bonchev–Trinajstić information content (AvgIpc) is 3.19. The molecule has 3 aromatic heterocycles. The second-order valence-corrected chi connectivity index (χ2v) is 12.5. The second-order valence-electron chi connectivity index (χ2n) is 12.5. The number of nitrogens with zero attached hydrogens (tertiary/aromatic N) is 3. The van der Waals surface area contributed by atoms with Crippen molar-refractivity contribution in [1.82, 2.24) is 15.0 Å². The Kier molecular flexibility index (Phi) is 11.1. The van der Waals surface area contributed by atoms with Gasteiger partial charge in [-0.2, -0.15) is 0 Å². The Bertz CT molecular complexity index is 2230. The summed E-state index contributed by atoms with van der Waals surface area (Å²) in [6, 6.07) is 32.3. The van der Waals surface area contributed by atoms with Crippen molar-refractivity contribution in [3.05, 3.63) is 176 Å². The number of benzene rings is 3. The Morgan fingerprint density at radius 2 is 1.20 bits per heavy atom. The summed E-state index contributed by atoms with van der Waals surface area (Å²) < 4.78 is 0. The van der Waals surface area contributed by atoms with Crippen LogP contribution in [0.1, 0.15) is 43.5 Å². The van der Waals surface area contributed by atoms with Crippen molar-refractivity contribution in [2.24, 2.45) is 11.5 Å². The number of hydrogen-bond donors (Lipinski definition) is 2. The maximum absolute atomic E-state index is 5.81. The molecule has 0 aliphatic carbocycles. The van der Waals surface area contributed by atoms with Gasteiger partial charge in [0, 0.05) is 64.5 Å². The van der Waals surface area contributed by atoms with Gasteiger partial charge in [-0.25, -0.2) is 0 Å². The first kappa shape index (κ1) is 34.5. The first-order valence-electron chi connectivity index (χ1n) is 17.3. The van der Waals surface area contributed by atoms with Crippen molar-refractivity contribution in [1.29, 1.82) is 0 Å². The fraction of sp³-hybridized carbons (Fsp3) is 0.109. The summed E-state index contributed by atoms with van der Waals surface area (Å²) >= 11 is 0. The highest BCUT2D eigenvalue weighted by Crippen LogP contribution is 2.44. The van der Waals surface area contributed by atoms with Crippen molar-refractivity contribution in [2.75, 3.05) is 0 Å². The summed E-state index contributed by atoms with van der Waals surface area (Å²) in [6.45, 7) is 6.41. The minimum Gasteiger partial charge on any atom is -0.405 e. The quantitative estimate of drug-likeness (QED) is 0.134. The fourth-order valence-electron chi connectivity index (χ4n) is 6.51. The molecule has 0 amide bonds. The lowest BCUT2D eigenvalue weighted by atomic mass is 9.84. The minimum atomic E-state index is 0.916. The Morgan fingerprint density at radius 3 is 1.82 bits per heavy atom. The third-order valence-electron chi connectivity index (χ3n) is 9.00. The lowest BCUT2D eigenvalue weighted by Gasteiger charge is -2.21. The van der Waals surface area contributed by atoms with Gasteiger partial charge in [-0.05, 0) is 143 Å². The van der Waals surface area contributed by atoms with E-state index >= 15 is 0 Å². The standard InChI is InChI=1S/C46H43N5/c1-4-12-34(16-9-20-48)39-25-41(37-18-11-22-50-30-37)27-42(26-39)44-31-51-33(3)45(46(44)35-14-6-5-7-15-35)43-24-38(32(2)13-8-19-47)23-40(28-43)36-17-10-21-49-29-36/h5-11,13-31H,4,12,47-48H2,1-3H3/b19-8-,20-9-,32-13+,34-16+. The lowest BCUT2D eigenvalue weighted by molar-refractivity contribution is 0.973. The molecular weight excluding hydrogens is 623 g/mol. The molecule has 0 saturated heterocycles. The maximum Gasteiger partial charge on any atom is 0.0457 e. The topological polar surface area (TPSA) is 90.7 Å². The van der Waals surface area contributed by atoms with Gasteiger partial charge in [0.05, 0.1) is 0 Å². The lowest BCUT2D eigenvalue weighted by Crippen LogP contribution is -1.99. The maximum atomic E-state index is 5.81. The monoisotopic (exact) mass is 665 g/mol. The van der Waals surface area contributed by atoms with E-state index in [0.717, 1.165) is 90.9 Å². The van der Waals surface area contributed by atoms with Crippen molar-refractivity contribution >= 4 is 11.1 Å². The van der Waals surface area contributed by atoms with Crippen LogP contribution >= 0.6 is 0 Å². The molecule has 0 bridgehead atoms. The van der Waals surface area contributed by atoms with Gasteiger partial charge in [0.25, 0.3) is 0 Å². The summed E-state index contributed by atoms with van der Waals surface area (Å²) in [5.74, 6) is 0. The zero-order chi connectivity index (χ0) is 35.6. The molecule has 5 heteroatoms. The number of allylic oxidation sites excluding steroid dienone is 6. The summed E-state index contributed by atoms with van der Waals surface area (Å²) in [4.78, 5) is 14.0. The van der Waals surface area contributed by atoms with Gasteiger partial charge >= 0.3 is 0 Å². The summed E-state index contributed by atoms with van der Waals surface area (Å²) in [5.41, 5.74) is 27.8. The van der Waals surface area contributed by atoms with Gasteiger partial charge in [-0.15, -0.1) is 0 Å². The molecule has 4 N–H and O–H groups in total. The van der Waals surface area contributed by atoms with Gasteiger partial charge in [-0.1, -0.05) is 68.0 Å². The molecule has 0 aliphatic heterocycles.